The SMILES string of the molecule is O=c1[nH]c(C2CC[NH2+]CC2)nc2c1nnn2Cc1ccc(F)cc1. The Balaban J connectivity index is 1.72. The van der Waals surface area contributed by atoms with Gasteiger partial charge in [-0.15, -0.1) is 5.10 Å². The average Bonchev–Trinajstić information content (AvgIpc) is 3.01. The maximum atomic E-state index is 13.0. The maximum Gasteiger partial charge on any atom is 0.281 e. The van der Waals surface area contributed by atoms with Crippen LogP contribution in [0.3, 0.4) is 0 Å². The summed E-state index contributed by atoms with van der Waals surface area (Å²) in [5.41, 5.74) is 1.34. The summed E-state index contributed by atoms with van der Waals surface area (Å²) in [7, 11) is 0. The van der Waals surface area contributed by atoms with Crippen LogP contribution in [0.2, 0.25) is 0 Å². The normalized spacial score (nSPS) is 15.9. The standard InChI is InChI=1S/C16H17FN6O/c17-12-3-1-10(2-4-12)9-23-15-13(21-22-23)16(24)20-14(19-15)11-5-7-18-8-6-11/h1-4,11,18H,5-9H2,(H,19,20,24)/p+1. The summed E-state index contributed by atoms with van der Waals surface area (Å²) in [4.78, 5) is 19.8. The second-order valence-corrected chi connectivity index (χ2v) is 6.14. The molecule has 4 rings (SSSR count). The molecule has 1 fully saturated rings. The largest absolute Gasteiger partial charge is 0.346 e. The molecule has 0 spiro atoms. The second kappa shape index (κ2) is 6.12. The topological polar surface area (TPSA) is 93.1 Å². The van der Waals surface area contributed by atoms with Crippen LogP contribution in [0.25, 0.3) is 11.2 Å². The van der Waals surface area contributed by atoms with E-state index in [1.807, 2.05) is 0 Å². The number of benzene rings is 1. The van der Waals surface area contributed by atoms with Crippen molar-refractivity contribution >= 4 is 11.2 Å². The van der Waals surface area contributed by atoms with Crippen molar-refractivity contribution in [1.29, 1.82) is 0 Å². The van der Waals surface area contributed by atoms with Crippen LogP contribution in [0.1, 0.15) is 30.1 Å². The molecule has 0 radical (unpaired) electrons. The molecule has 8 heteroatoms. The summed E-state index contributed by atoms with van der Waals surface area (Å²) in [6.45, 7) is 2.48. The fourth-order valence-electron chi connectivity index (χ4n) is 3.15. The molecule has 1 aliphatic rings. The maximum absolute atomic E-state index is 13.0. The van der Waals surface area contributed by atoms with Crippen LogP contribution in [0, 0.1) is 5.82 Å². The number of hydrogen-bond acceptors (Lipinski definition) is 4. The van der Waals surface area contributed by atoms with Crippen LogP contribution in [0.15, 0.2) is 29.1 Å². The Bertz CT molecular complexity index is 910. The number of nitrogens with one attached hydrogen (secondary N) is 1. The van der Waals surface area contributed by atoms with Crippen molar-refractivity contribution in [1.82, 2.24) is 25.0 Å². The molecule has 124 valence electrons. The van der Waals surface area contributed by atoms with Crippen LogP contribution in [-0.2, 0) is 6.54 Å². The number of nitrogens with zero attached hydrogens (tertiary/aromatic N) is 4. The van der Waals surface area contributed by atoms with Gasteiger partial charge in [0, 0.05) is 18.8 Å². The van der Waals surface area contributed by atoms with Gasteiger partial charge in [0.25, 0.3) is 5.56 Å². The van der Waals surface area contributed by atoms with Gasteiger partial charge in [0.05, 0.1) is 19.6 Å². The molecule has 7 nitrogen and oxygen atoms in total. The average molecular weight is 329 g/mol. The lowest BCUT2D eigenvalue weighted by atomic mass is 9.97. The highest BCUT2D eigenvalue weighted by Crippen LogP contribution is 2.20. The summed E-state index contributed by atoms with van der Waals surface area (Å²) in [5.74, 6) is 0.692. The molecule has 1 saturated heterocycles. The van der Waals surface area contributed by atoms with Crippen molar-refractivity contribution in [3.05, 3.63) is 51.8 Å². The molecule has 0 atom stereocenters. The van der Waals surface area contributed by atoms with Gasteiger partial charge >= 0.3 is 0 Å². The van der Waals surface area contributed by atoms with Gasteiger partial charge in [0.2, 0.25) is 0 Å². The van der Waals surface area contributed by atoms with E-state index in [2.05, 4.69) is 25.6 Å². The zero-order chi connectivity index (χ0) is 16.5. The molecule has 24 heavy (non-hydrogen) atoms. The highest BCUT2D eigenvalue weighted by Gasteiger charge is 2.22. The third kappa shape index (κ3) is 2.80. The third-order valence-corrected chi connectivity index (χ3v) is 4.46. The zero-order valence-electron chi connectivity index (χ0n) is 13.1. The van der Waals surface area contributed by atoms with E-state index in [0.29, 0.717) is 18.0 Å². The van der Waals surface area contributed by atoms with E-state index in [1.54, 1.807) is 16.8 Å². The number of fused-ring (bicyclic) bond motifs is 1. The highest BCUT2D eigenvalue weighted by molar-refractivity contribution is 5.68. The molecule has 0 saturated carbocycles. The quantitative estimate of drug-likeness (QED) is 0.715. The summed E-state index contributed by atoms with van der Waals surface area (Å²) < 4.78 is 14.6. The van der Waals surface area contributed by atoms with Gasteiger partial charge in [-0.1, -0.05) is 17.3 Å². The molecule has 3 N–H and O–H groups in total. The van der Waals surface area contributed by atoms with Crippen molar-refractivity contribution in [2.24, 2.45) is 0 Å². The lowest BCUT2D eigenvalue weighted by Crippen LogP contribution is -2.86. The van der Waals surface area contributed by atoms with E-state index in [4.69, 9.17) is 0 Å². The fourth-order valence-corrected chi connectivity index (χ4v) is 3.15. The molecule has 0 unspecified atom stereocenters. The summed E-state index contributed by atoms with van der Waals surface area (Å²) in [5, 5.41) is 10.3. The number of hydrogen-bond donors (Lipinski definition) is 2. The number of nitrogens with two attached hydrogens (primary N) is 1. The molecule has 3 aromatic rings. The van der Waals surface area contributed by atoms with E-state index in [-0.39, 0.29) is 22.8 Å². The Labute approximate surface area is 136 Å². The first-order valence-corrected chi connectivity index (χ1v) is 8.10. The molecule has 1 aromatic carbocycles. The first-order valence-electron chi connectivity index (χ1n) is 8.10. The van der Waals surface area contributed by atoms with Crippen molar-refractivity contribution in [3.8, 4) is 0 Å². The molecule has 0 bridgehead atoms. The van der Waals surface area contributed by atoms with Crippen LogP contribution < -0.4 is 10.9 Å². The number of piperidine rings is 1. The minimum absolute atomic E-state index is 0.239. The molecule has 2 aromatic heterocycles. The lowest BCUT2D eigenvalue weighted by Gasteiger charge is -2.19. The molecule has 1 aliphatic heterocycles. The smallest absolute Gasteiger partial charge is 0.281 e. The van der Waals surface area contributed by atoms with E-state index in [9.17, 15) is 9.18 Å². The third-order valence-electron chi connectivity index (χ3n) is 4.46. The molecule has 0 aliphatic carbocycles. The number of rotatable bonds is 3. The van der Waals surface area contributed by atoms with Gasteiger partial charge in [-0.05, 0) is 17.7 Å². The minimum Gasteiger partial charge on any atom is -0.346 e. The minimum atomic E-state index is -0.284. The molecular weight excluding hydrogens is 311 g/mol. The monoisotopic (exact) mass is 329 g/mol. The van der Waals surface area contributed by atoms with Crippen molar-refractivity contribution < 1.29 is 9.71 Å². The number of halogens is 1. The van der Waals surface area contributed by atoms with E-state index in [1.165, 1.54) is 12.1 Å². The first-order chi connectivity index (χ1) is 11.7. The van der Waals surface area contributed by atoms with Gasteiger partial charge in [-0.3, -0.25) is 4.79 Å². The van der Waals surface area contributed by atoms with E-state index in [0.717, 1.165) is 31.5 Å². The highest BCUT2D eigenvalue weighted by atomic mass is 19.1. The van der Waals surface area contributed by atoms with Gasteiger partial charge in [-0.25, -0.2) is 14.1 Å². The predicted molar refractivity (Wildman–Crippen MR) is 85.1 cm³/mol. The Morgan fingerprint density at radius 2 is 2.00 bits per heavy atom. The Morgan fingerprint density at radius 3 is 2.75 bits per heavy atom. The van der Waals surface area contributed by atoms with E-state index >= 15 is 0 Å². The fraction of sp³-hybridized carbons (Fsp3) is 0.375. The summed E-state index contributed by atoms with van der Waals surface area (Å²) in [6.07, 6.45) is 1.99. The van der Waals surface area contributed by atoms with Crippen molar-refractivity contribution in [3.63, 3.8) is 0 Å². The van der Waals surface area contributed by atoms with Crippen molar-refractivity contribution in [2.75, 3.05) is 13.1 Å². The van der Waals surface area contributed by atoms with E-state index < -0.39 is 0 Å². The van der Waals surface area contributed by atoms with Crippen molar-refractivity contribution in [2.45, 2.75) is 25.3 Å². The zero-order valence-corrected chi connectivity index (χ0v) is 13.1. The second-order valence-electron chi connectivity index (χ2n) is 6.14. The van der Waals surface area contributed by atoms with Gasteiger partial charge < -0.3 is 10.3 Å². The first kappa shape index (κ1) is 14.9. The molecular formula is C16H18FN6O+. The Kier molecular flexibility index (Phi) is 3.81. The van der Waals surface area contributed by atoms with Crippen LogP contribution in [-0.4, -0.2) is 38.1 Å². The lowest BCUT2D eigenvalue weighted by molar-refractivity contribution is -0.663. The van der Waals surface area contributed by atoms with Crippen LogP contribution in [0.5, 0.6) is 0 Å². The van der Waals surface area contributed by atoms with Crippen LogP contribution in [0.4, 0.5) is 4.39 Å². The van der Waals surface area contributed by atoms with Gasteiger partial charge in [0.1, 0.15) is 11.6 Å². The summed E-state index contributed by atoms with van der Waals surface area (Å²) >= 11 is 0. The number of H-pyrrole nitrogens is 1. The van der Waals surface area contributed by atoms with Gasteiger partial charge in [0.15, 0.2) is 11.2 Å². The number of aromatic nitrogens is 5. The Hall–Kier alpha value is -2.61. The summed E-state index contributed by atoms with van der Waals surface area (Å²) in [6, 6.07) is 6.18. The number of aromatic amines is 1. The number of quaternary nitrogens is 1. The van der Waals surface area contributed by atoms with Gasteiger partial charge in [-0.2, -0.15) is 0 Å². The Morgan fingerprint density at radius 1 is 1.25 bits per heavy atom. The molecule has 0 amide bonds. The predicted octanol–water partition coefficient (Wildman–Crippen LogP) is 0.143. The molecule has 3 heterocycles. The van der Waals surface area contributed by atoms with Crippen LogP contribution >= 0.6 is 0 Å².